The molecule has 0 atom stereocenters. The Hall–Kier alpha value is -4.28. The van der Waals surface area contributed by atoms with Crippen molar-refractivity contribution in [1.82, 2.24) is 14.7 Å². The molecule has 0 unspecified atom stereocenters. The minimum atomic E-state index is -4.65. The summed E-state index contributed by atoms with van der Waals surface area (Å²) in [5, 5.41) is 5.95. The zero-order valence-electron chi connectivity index (χ0n) is 16.6. The molecule has 0 bridgehead atoms. The Balaban J connectivity index is 1.56. The van der Waals surface area contributed by atoms with E-state index in [-0.39, 0.29) is 17.3 Å². The number of carbonyl (C=O) groups excluding carboxylic acids is 1. The number of nitrogens with one attached hydrogen (secondary N) is 1. The molecule has 11 heteroatoms. The van der Waals surface area contributed by atoms with Crippen LogP contribution in [0.2, 0.25) is 0 Å². The molecule has 4 aromatic rings. The van der Waals surface area contributed by atoms with E-state index in [1.54, 1.807) is 0 Å². The molecule has 2 aromatic heterocycles. The van der Waals surface area contributed by atoms with Crippen molar-refractivity contribution in [1.29, 1.82) is 0 Å². The van der Waals surface area contributed by atoms with Crippen molar-refractivity contribution in [3.8, 4) is 22.8 Å². The Kier molecular flexibility index (Phi) is 5.78. The van der Waals surface area contributed by atoms with E-state index in [4.69, 9.17) is 4.52 Å². The van der Waals surface area contributed by atoms with Crippen LogP contribution >= 0.6 is 0 Å². The molecule has 7 nitrogen and oxygen atoms in total. The van der Waals surface area contributed by atoms with Crippen LogP contribution in [0.4, 0.5) is 23.2 Å². The van der Waals surface area contributed by atoms with Gasteiger partial charge in [-0.2, -0.15) is 18.2 Å². The van der Waals surface area contributed by atoms with Gasteiger partial charge in [-0.05, 0) is 48.5 Å². The minimum absolute atomic E-state index is 0.0122. The van der Waals surface area contributed by atoms with Gasteiger partial charge in [0.05, 0.1) is 11.3 Å². The Morgan fingerprint density at radius 3 is 2.48 bits per heavy atom. The third kappa shape index (κ3) is 4.81. The van der Waals surface area contributed by atoms with Crippen molar-refractivity contribution < 1.29 is 26.9 Å². The molecule has 168 valence electrons. The van der Waals surface area contributed by atoms with Gasteiger partial charge in [-0.25, -0.2) is 4.39 Å². The van der Waals surface area contributed by atoms with E-state index in [1.807, 2.05) is 0 Å². The molecule has 1 amide bonds. The highest BCUT2D eigenvalue weighted by molar-refractivity contribution is 5.91. The van der Waals surface area contributed by atoms with Crippen molar-refractivity contribution in [3.63, 3.8) is 0 Å². The maximum atomic E-state index is 13.1. The number of carbonyl (C=O) groups is 1. The van der Waals surface area contributed by atoms with E-state index < -0.39 is 41.3 Å². The zero-order valence-corrected chi connectivity index (χ0v) is 16.6. The summed E-state index contributed by atoms with van der Waals surface area (Å²) in [6, 6.07) is 12.7. The van der Waals surface area contributed by atoms with E-state index in [0.717, 1.165) is 16.7 Å². The number of halogens is 4. The third-order valence-corrected chi connectivity index (χ3v) is 4.60. The first-order valence-corrected chi connectivity index (χ1v) is 9.48. The lowest BCUT2D eigenvalue weighted by molar-refractivity contribution is -0.137. The maximum absolute atomic E-state index is 13.1. The van der Waals surface area contributed by atoms with Crippen molar-refractivity contribution in [2.45, 2.75) is 12.7 Å². The van der Waals surface area contributed by atoms with E-state index >= 15 is 0 Å². The fourth-order valence-electron chi connectivity index (χ4n) is 3.06. The summed E-state index contributed by atoms with van der Waals surface area (Å²) in [5.74, 6) is -1.27. The number of hydrogen-bond acceptors (Lipinski definition) is 5. The Morgan fingerprint density at radius 2 is 1.76 bits per heavy atom. The molecule has 0 aliphatic carbocycles. The molecule has 0 radical (unpaired) electrons. The van der Waals surface area contributed by atoms with Gasteiger partial charge in [0.1, 0.15) is 17.9 Å². The number of hydrogen-bond donors (Lipinski definition) is 1. The maximum Gasteiger partial charge on any atom is 0.418 e. The van der Waals surface area contributed by atoms with Crippen LogP contribution in [0.5, 0.6) is 0 Å². The molecule has 2 heterocycles. The molecule has 0 fully saturated rings. The first-order chi connectivity index (χ1) is 15.7. The van der Waals surface area contributed by atoms with Gasteiger partial charge in [-0.1, -0.05) is 17.3 Å². The summed E-state index contributed by atoms with van der Waals surface area (Å²) >= 11 is 0. The second kappa shape index (κ2) is 8.69. The van der Waals surface area contributed by atoms with Gasteiger partial charge in [0.15, 0.2) is 0 Å². The zero-order chi connectivity index (χ0) is 23.6. The number of anilines is 1. The van der Waals surface area contributed by atoms with Gasteiger partial charge < -0.3 is 14.4 Å². The first kappa shape index (κ1) is 21.9. The molecule has 1 N–H and O–H groups in total. The van der Waals surface area contributed by atoms with Crippen LogP contribution in [0.25, 0.3) is 22.8 Å². The fourth-order valence-corrected chi connectivity index (χ4v) is 3.06. The van der Waals surface area contributed by atoms with Crippen LogP contribution < -0.4 is 10.9 Å². The molecule has 0 spiro atoms. The van der Waals surface area contributed by atoms with Crippen molar-refractivity contribution in [2.75, 3.05) is 5.32 Å². The van der Waals surface area contributed by atoms with E-state index in [0.29, 0.717) is 5.56 Å². The molecule has 4 rings (SSSR count). The van der Waals surface area contributed by atoms with Gasteiger partial charge >= 0.3 is 6.18 Å². The number of nitrogens with zero attached hydrogens (tertiary/aromatic N) is 3. The Labute approximate surface area is 183 Å². The second-order valence-corrected chi connectivity index (χ2v) is 6.88. The summed E-state index contributed by atoms with van der Waals surface area (Å²) in [4.78, 5) is 29.3. The predicted octanol–water partition coefficient (Wildman–Crippen LogP) is 4.36. The quantitative estimate of drug-likeness (QED) is 0.449. The Bertz CT molecular complexity index is 1360. The highest BCUT2D eigenvalue weighted by Crippen LogP contribution is 2.34. The number of rotatable bonds is 5. The summed E-state index contributed by atoms with van der Waals surface area (Å²) in [6.45, 7) is -0.544. The van der Waals surface area contributed by atoms with Gasteiger partial charge in [0.2, 0.25) is 11.7 Å². The second-order valence-electron chi connectivity index (χ2n) is 6.88. The SMILES string of the molecule is O=C(Cn1cccc(-c2nc(-c3ccc(F)cc3)no2)c1=O)Nc1ccccc1C(F)(F)F. The van der Waals surface area contributed by atoms with Crippen LogP contribution in [0.3, 0.4) is 0 Å². The van der Waals surface area contributed by atoms with Gasteiger partial charge in [0.25, 0.3) is 11.4 Å². The lowest BCUT2D eigenvalue weighted by atomic mass is 10.1. The number of pyridine rings is 1. The highest BCUT2D eigenvalue weighted by Gasteiger charge is 2.33. The molecule has 0 saturated carbocycles. The normalized spacial score (nSPS) is 11.4. The average Bonchev–Trinajstić information content (AvgIpc) is 3.25. The molecule has 0 aliphatic heterocycles. The molecular weight excluding hydrogens is 444 g/mol. The van der Waals surface area contributed by atoms with Gasteiger partial charge in [-0.15, -0.1) is 0 Å². The van der Waals surface area contributed by atoms with E-state index in [1.165, 1.54) is 54.7 Å². The molecule has 33 heavy (non-hydrogen) atoms. The number of benzene rings is 2. The average molecular weight is 458 g/mol. The third-order valence-electron chi connectivity index (χ3n) is 4.60. The number of aromatic nitrogens is 3. The van der Waals surface area contributed by atoms with Crippen molar-refractivity contribution in [3.05, 3.63) is 88.6 Å². The van der Waals surface area contributed by atoms with Crippen LogP contribution in [0, 0.1) is 5.82 Å². The number of para-hydroxylation sites is 1. The number of amides is 1. The van der Waals surface area contributed by atoms with Gasteiger partial charge in [-0.3, -0.25) is 9.59 Å². The molecule has 0 aliphatic rings. The van der Waals surface area contributed by atoms with E-state index in [9.17, 15) is 27.2 Å². The lowest BCUT2D eigenvalue weighted by Crippen LogP contribution is -2.28. The van der Waals surface area contributed by atoms with E-state index in [2.05, 4.69) is 15.5 Å². The lowest BCUT2D eigenvalue weighted by Gasteiger charge is -2.14. The summed E-state index contributed by atoms with van der Waals surface area (Å²) in [6.07, 6.45) is -3.35. The summed E-state index contributed by atoms with van der Waals surface area (Å²) < 4.78 is 58.6. The predicted molar refractivity (Wildman–Crippen MR) is 109 cm³/mol. The van der Waals surface area contributed by atoms with Gasteiger partial charge in [0, 0.05) is 11.8 Å². The van der Waals surface area contributed by atoms with Crippen molar-refractivity contribution >= 4 is 11.6 Å². The number of alkyl halides is 3. The molecule has 2 aromatic carbocycles. The minimum Gasteiger partial charge on any atom is -0.333 e. The van der Waals surface area contributed by atoms with Crippen LogP contribution in [0.1, 0.15) is 5.56 Å². The van der Waals surface area contributed by atoms with Crippen LogP contribution in [0.15, 0.2) is 76.2 Å². The Morgan fingerprint density at radius 1 is 1.03 bits per heavy atom. The molecular formula is C22H14F4N4O3. The fraction of sp³-hybridized carbons (Fsp3) is 0.0909. The molecule has 0 saturated heterocycles. The summed E-state index contributed by atoms with van der Waals surface area (Å²) in [5.41, 5.74) is -1.63. The topological polar surface area (TPSA) is 90.0 Å². The summed E-state index contributed by atoms with van der Waals surface area (Å²) in [7, 11) is 0. The monoisotopic (exact) mass is 458 g/mol. The van der Waals surface area contributed by atoms with Crippen LogP contribution in [-0.4, -0.2) is 20.6 Å². The smallest absolute Gasteiger partial charge is 0.333 e. The first-order valence-electron chi connectivity index (χ1n) is 9.48. The highest BCUT2D eigenvalue weighted by atomic mass is 19.4. The standard InChI is InChI=1S/C22H14F4N4O3/c23-14-9-7-13(8-10-14)19-28-20(33-29-19)15-4-3-11-30(21(15)32)12-18(31)27-17-6-2-1-5-16(17)22(24,25)26/h1-11H,12H2,(H,27,31). The van der Waals surface area contributed by atoms with Crippen molar-refractivity contribution in [2.24, 2.45) is 0 Å². The largest absolute Gasteiger partial charge is 0.418 e. The van der Waals surface area contributed by atoms with Crippen LogP contribution in [-0.2, 0) is 17.5 Å².